The minimum absolute atomic E-state index is 0.335. The molecule has 6 heteroatoms. The van der Waals surface area contributed by atoms with Gasteiger partial charge in [0.05, 0.1) is 13.7 Å². The first-order valence-electron chi connectivity index (χ1n) is 5.82. The van der Waals surface area contributed by atoms with Crippen LogP contribution in [-0.2, 0) is 19.5 Å². The van der Waals surface area contributed by atoms with Crippen LogP contribution in [0.1, 0.15) is 17.2 Å². The van der Waals surface area contributed by atoms with Gasteiger partial charge < -0.3 is 19.1 Å². The number of amides is 1. The van der Waals surface area contributed by atoms with Gasteiger partial charge in [0.1, 0.15) is 6.10 Å². The van der Waals surface area contributed by atoms with Gasteiger partial charge in [0, 0.05) is 19.7 Å². The summed E-state index contributed by atoms with van der Waals surface area (Å²) in [7, 11) is 4.46. The maximum atomic E-state index is 11.4. The molecule has 1 aliphatic heterocycles. The van der Waals surface area contributed by atoms with Gasteiger partial charge in [-0.3, -0.25) is 0 Å². The number of carbonyl (C=O) groups excluding carboxylic acids is 1. The Hall–Kier alpha value is -1.30. The van der Waals surface area contributed by atoms with Crippen LogP contribution in [0.5, 0.6) is 0 Å². The second kappa shape index (κ2) is 5.36. The first-order chi connectivity index (χ1) is 9.01. The van der Waals surface area contributed by atoms with E-state index in [2.05, 4.69) is 4.74 Å². The van der Waals surface area contributed by atoms with Crippen molar-refractivity contribution in [2.24, 2.45) is 0 Å². The van der Waals surface area contributed by atoms with Crippen LogP contribution >= 0.6 is 11.6 Å². The van der Waals surface area contributed by atoms with Gasteiger partial charge in [-0.15, -0.1) is 0 Å². The second-order valence-corrected chi connectivity index (χ2v) is 4.78. The number of rotatable bonds is 3. The fourth-order valence-electron chi connectivity index (χ4n) is 2.13. The van der Waals surface area contributed by atoms with Crippen LogP contribution in [0.2, 0.25) is 0 Å². The molecule has 2 rings (SSSR count). The van der Waals surface area contributed by atoms with E-state index in [-0.39, 0.29) is 6.10 Å². The summed E-state index contributed by atoms with van der Waals surface area (Å²) in [6, 6.07) is 7.52. The lowest BCUT2D eigenvalue weighted by Gasteiger charge is -2.23. The topological polar surface area (TPSA) is 48.0 Å². The van der Waals surface area contributed by atoms with E-state index in [1.165, 1.54) is 19.1 Å². The molecule has 2 unspecified atom stereocenters. The van der Waals surface area contributed by atoms with Crippen molar-refractivity contribution in [1.29, 1.82) is 0 Å². The number of carbonyl (C=O) groups is 1. The van der Waals surface area contributed by atoms with Gasteiger partial charge in [-0.1, -0.05) is 35.9 Å². The van der Waals surface area contributed by atoms with E-state index in [1.807, 2.05) is 24.3 Å². The predicted molar refractivity (Wildman–Crippen MR) is 69.8 cm³/mol. The highest BCUT2D eigenvalue weighted by Crippen LogP contribution is 2.46. The summed E-state index contributed by atoms with van der Waals surface area (Å²) < 4.78 is 15.6. The quantitative estimate of drug-likeness (QED) is 0.801. The average Bonchev–Trinajstić information content (AvgIpc) is 2.72. The molecule has 1 heterocycles. The zero-order valence-corrected chi connectivity index (χ0v) is 11.8. The molecule has 1 aromatic carbocycles. The molecule has 0 saturated heterocycles. The number of fused-ring (bicyclic) bond motifs is 1. The number of methoxy groups -OCH3 is 2. The fraction of sp³-hybridized carbons (Fsp3) is 0.462. The monoisotopic (exact) mass is 285 g/mol. The number of alkyl halides is 1. The van der Waals surface area contributed by atoms with E-state index in [1.54, 1.807) is 7.05 Å². The molecule has 1 aliphatic rings. The molecule has 0 fully saturated rings. The Kier molecular flexibility index (Phi) is 3.99. The minimum atomic E-state index is -1.29. The lowest BCUT2D eigenvalue weighted by atomic mass is 10.0. The highest BCUT2D eigenvalue weighted by atomic mass is 35.5. The Morgan fingerprint density at radius 2 is 2.16 bits per heavy atom. The molecule has 0 saturated carbocycles. The van der Waals surface area contributed by atoms with E-state index in [0.29, 0.717) is 6.54 Å². The molecular weight excluding hydrogens is 270 g/mol. The van der Waals surface area contributed by atoms with E-state index >= 15 is 0 Å². The zero-order chi connectivity index (χ0) is 14.0. The van der Waals surface area contributed by atoms with Crippen molar-refractivity contribution in [2.75, 3.05) is 27.8 Å². The maximum absolute atomic E-state index is 11.4. The molecule has 1 amide bonds. The van der Waals surface area contributed by atoms with Crippen LogP contribution in [0.4, 0.5) is 4.79 Å². The van der Waals surface area contributed by atoms with Gasteiger partial charge in [-0.25, -0.2) is 4.79 Å². The maximum Gasteiger partial charge on any atom is 0.409 e. The Balaban J connectivity index is 2.23. The first-order valence-corrected chi connectivity index (χ1v) is 6.20. The smallest absolute Gasteiger partial charge is 0.409 e. The molecule has 0 aliphatic carbocycles. The Labute approximate surface area is 117 Å². The number of ether oxygens (including phenoxy) is 3. The van der Waals surface area contributed by atoms with Gasteiger partial charge in [0.25, 0.3) is 5.25 Å². The third kappa shape index (κ3) is 2.54. The summed E-state index contributed by atoms with van der Waals surface area (Å²) in [6.07, 6.45) is -0.775. The number of benzene rings is 1. The van der Waals surface area contributed by atoms with Crippen LogP contribution in [0.25, 0.3) is 0 Å². The van der Waals surface area contributed by atoms with Crippen molar-refractivity contribution < 1.29 is 19.0 Å². The second-order valence-electron chi connectivity index (χ2n) is 4.28. The van der Waals surface area contributed by atoms with Crippen molar-refractivity contribution in [1.82, 2.24) is 4.90 Å². The Morgan fingerprint density at radius 1 is 1.47 bits per heavy atom. The van der Waals surface area contributed by atoms with Crippen molar-refractivity contribution in [2.45, 2.75) is 11.4 Å². The lowest BCUT2D eigenvalue weighted by Crippen LogP contribution is -2.31. The number of hydrogen-bond donors (Lipinski definition) is 0. The standard InChI is InChI=1S/C13H16ClNO4/c1-15(12(16)17-2)8-11-9-6-4-5-7-10(9)13(14,18-3)19-11/h4-7,11H,8H2,1-3H3. The molecule has 19 heavy (non-hydrogen) atoms. The molecule has 0 aromatic heterocycles. The fourth-order valence-corrected chi connectivity index (χ4v) is 2.41. The van der Waals surface area contributed by atoms with Crippen LogP contribution in [0, 0.1) is 0 Å². The third-order valence-corrected chi connectivity index (χ3v) is 3.56. The number of halogens is 1. The SMILES string of the molecule is COC(=O)N(C)CC1OC(Cl)(OC)c2ccccc21. The molecule has 1 aromatic rings. The molecular formula is C13H16ClNO4. The van der Waals surface area contributed by atoms with Gasteiger partial charge in [0.2, 0.25) is 0 Å². The number of likely N-dealkylation sites (N-methyl/N-ethyl adjacent to an activating group) is 1. The van der Waals surface area contributed by atoms with E-state index < -0.39 is 11.3 Å². The molecule has 104 valence electrons. The molecule has 2 atom stereocenters. The molecule has 0 N–H and O–H groups in total. The third-order valence-electron chi connectivity index (χ3n) is 3.11. The summed E-state index contributed by atoms with van der Waals surface area (Å²) in [6.45, 7) is 0.335. The highest BCUT2D eigenvalue weighted by molar-refractivity contribution is 6.22. The van der Waals surface area contributed by atoms with Crippen LogP contribution in [0.3, 0.4) is 0 Å². The van der Waals surface area contributed by atoms with Gasteiger partial charge in [0.15, 0.2) is 0 Å². The van der Waals surface area contributed by atoms with E-state index in [9.17, 15) is 4.79 Å². The molecule has 0 bridgehead atoms. The Morgan fingerprint density at radius 3 is 2.79 bits per heavy atom. The predicted octanol–water partition coefficient (Wildman–Crippen LogP) is 2.45. The van der Waals surface area contributed by atoms with Gasteiger partial charge in [-0.05, 0) is 5.56 Å². The van der Waals surface area contributed by atoms with Gasteiger partial charge >= 0.3 is 6.09 Å². The van der Waals surface area contributed by atoms with Crippen LogP contribution in [0.15, 0.2) is 24.3 Å². The van der Waals surface area contributed by atoms with E-state index in [4.69, 9.17) is 21.1 Å². The van der Waals surface area contributed by atoms with Gasteiger partial charge in [-0.2, -0.15) is 0 Å². The minimum Gasteiger partial charge on any atom is -0.453 e. The molecule has 0 spiro atoms. The van der Waals surface area contributed by atoms with Crippen molar-refractivity contribution in [3.05, 3.63) is 35.4 Å². The number of nitrogens with zero attached hydrogens (tertiary/aromatic N) is 1. The molecule has 0 radical (unpaired) electrons. The highest BCUT2D eigenvalue weighted by Gasteiger charge is 2.44. The van der Waals surface area contributed by atoms with Crippen LogP contribution < -0.4 is 0 Å². The largest absolute Gasteiger partial charge is 0.453 e. The molecule has 5 nitrogen and oxygen atoms in total. The first kappa shape index (κ1) is 14.1. The van der Waals surface area contributed by atoms with Crippen molar-refractivity contribution >= 4 is 17.7 Å². The van der Waals surface area contributed by atoms with Crippen LogP contribution in [-0.4, -0.2) is 38.8 Å². The number of hydrogen-bond acceptors (Lipinski definition) is 4. The summed E-state index contributed by atoms with van der Waals surface area (Å²) in [4.78, 5) is 12.9. The average molecular weight is 286 g/mol. The lowest BCUT2D eigenvalue weighted by molar-refractivity contribution is -0.182. The summed E-state index contributed by atoms with van der Waals surface area (Å²) in [5.41, 5.74) is 1.68. The summed E-state index contributed by atoms with van der Waals surface area (Å²) in [5.74, 6) is 0. The van der Waals surface area contributed by atoms with Crippen molar-refractivity contribution in [3.8, 4) is 0 Å². The summed E-state index contributed by atoms with van der Waals surface area (Å²) in [5, 5.41) is -1.29. The Bertz CT molecular complexity index is 481. The van der Waals surface area contributed by atoms with Crippen molar-refractivity contribution in [3.63, 3.8) is 0 Å². The summed E-state index contributed by atoms with van der Waals surface area (Å²) >= 11 is 6.30. The van der Waals surface area contributed by atoms with E-state index in [0.717, 1.165) is 11.1 Å². The normalized spacial score (nSPS) is 24.9. The zero-order valence-electron chi connectivity index (χ0n) is 11.1.